The van der Waals surface area contributed by atoms with E-state index in [1.165, 1.54) is 30.3 Å². The molecule has 1 saturated heterocycles. The highest BCUT2D eigenvalue weighted by molar-refractivity contribution is 6.43. The monoisotopic (exact) mass is 525 g/mol. The second-order valence-corrected chi connectivity index (χ2v) is 9.37. The molecule has 0 aliphatic carbocycles. The number of nitro groups is 1. The minimum atomic E-state index is -0.564. The molecule has 2 heterocycles. The van der Waals surface area contributed by atoms with Gasteiger partial charge in [-0.2, -0.15) is 0 Å². The van der Waals surface area contributed by atoms with Crippen molar-refractivity contribution in [3.63, 3.8) is 0 Å². The summed E-state index contributed by atoms with van der Waals surface area (Å²) >= 11 is 0. The van der Waals surface area contributed by atoms with Crippen molar-refractivity contribution in [2.45, 2.75) is 26.2 Å². The van der Waals surface area contributed by atoms with Crippen LogP contribution in [0.1, 0.15) is 58.0 Å². The van der Waals surface area contributed by atoms with Gasteiger partial charge in [0.05, 0.1) is 22.8 Å². The van der Waals surface area contributed by atoms with Crippen molar-refractivity contribution in [1.29, 1.82) is 0 Å². The Bertz CT molecular complexity index is 1490. The fraction of sp³-hybridized carbons (Fsp3) is 0.233. The highest BCUT2D eigenvalue weighted by Crippen LogP contribution is 2.36. The Balaban J connectivity index is 1.55. The number of amides is 2. The third-order valence-electron chi connectivity index (χ3n) is 6.92. The molecule has 0 bridgehead atoms. The second-order valence-electron chi connectivity index (χ2n) is 9.37. The third-order valence-corrected chi connectivity index (χ3v) is 6.92. The summed E-state index contributed by atoms with van der Waals surface area (Å²) in [5, 5.41) is 12.0. The summed E-state index contributed by atoms with van der Waals surface area (Å²) in [5.74, 6) is -1.56. The maximum atomic E-state index is 13.8. The molecule has 2 amide bonds. The Morgan fingerprint density at radius 3 is 2.31 bits per heavy atom. The third kappa shape index (κ3) is 5.03. The van der Waals surface area contributed by atoms with Crippen LogP contribution in [0.2, 0.25) is 0 Å². The van der Waals surface area contributed by atoms with Crippen molar-refractivity contribution < 1.29 is 24.0 Å². The van der Waals surface area contributed by atoms with Crippen LogP contribution >= 0.6 is 0 Å². The number of carbonyl (C=O) groups is 3. The number of hydrogen-bond acceptors (Lipinski definition) is 7. The number of esters is 1. The van der Waals surface area contributed by atoms with Crippen molar-refractivity contribution in [2.24, 2.45) is 0 Å². The molecule has 39 heavy (non-hydrogen) atoms. The molecule has 3 aromatic rings. The standard InChI is InChI=1S/C30H27N3O6/c1-2-39-30(36)21-11-13-22(14-12-21)32-28(34)24-9-5-4-8-23(24)25(29(32)35)18-20-10-15-26(27(19-20)33(37)38)31-16-6-3-7-17-31/h4-5,8-15,18-19H,2-3,6-7,16-17H2,1H3/b25-18+. The van der Waals surface area contributed by atoms with Crippen molar-refractivity contribution in [2.75, 3.05) is 29.5 Å². The van der Waals surface area contributed by atoms with E-state index in [1.54, 1.807) is 49.4 Å². The van der Waals surface area contributed by atoms with E-state index in [2.05, 4.69) is 0 Å². The van der Waals surface area contributed by atoms with E-state index >= 15 is 0 Å². The molecule has 0 N–H and O–H groups in total. The second kappa shape index (κ2) is 10.9. The van der Waals surface area contributed by atoms with Crippen LogP contribution in [0.15, 0.2) is 66.7 Å². The molecule has 0 spiro atoms. The molecule has 2 aliphatic heterocycles. The Morgan fingerprint density at radius 1 is 0.949 bits per heavy atom. The minimum Gasteiger partial charge on any atom is -0.462 e. The highest BCUT2D eigenvalue weighted by atomic mass is 16.6. The molecule has 5 rings (SSSR count). The fourth-order valence-corrected chi connectivity index (χ4v) is 5.03. The predicted molar refractivity (Wildman–Crippen MR) is 148 cm³/mol. The summed E-state index contributed by atoms with van der Waals surface area (Å²) in [4.78, 5) is 53.9. The lowest BCUT2D eigenvalue weighted by atomic mass is 9.91. The number of piperidine rings is 1. The van der Waals surface area contributed by atoms with Crippen LogP contribution < -0.4 is 9.80 Å². The van der Waals surface area contributed by atoms with Gasteiger partial charge in [0, 0.05) is 30.3 Å². The Morgan fingerprint density at radius 2 is 1.64 bits per heavy atom. The van der Waals surface area contributed by atoms with Crippen LogP contribution in [-0.2, 0) is 9.53 Å². The van der Waals surface area contributed by atoms with E-state index in [-0.39, 0.29) is 17.9 Å². The number of rotatable bonds is 6. The van der Waals surface area contributed by atoms with Gasteiger partial charge in [0.1, 0.15) is 5.69 Å². The number of ether oxygens (including phenoxy) is 1. The molecule has 2 aliphatic rings. The van der Waals surface area contributed by atoms with E-state index in [1.807, 2.05) is 4.90 Å². The highest BCUT2D eigenvalue weighted by Gasteiger charge is 2.36. The largest absolute Gasteiger partial charge is 0.462 e. The van der Waals surface area contributed by atoms with Crippen LogP contribution in [0.3, 0.4) is 0 Å². The topological polar surface area (TPSA) is 110 Å². The molecule has 9 nitrogen and oxygen atoms in total. The molecule has 0 radical (unpaired) electrons. The zero-order valence-corrected chi connectivity index (χ0v) is 21.5. The lowest BCUT2D eigenvalue weighted by Gasteiger charge is -2.29. The van der Waals surface area contributed by atoms with Gasteiger partial charge >= 0.3 is 5.97 Å². The number of imide groups is 1. The smallest absolute Gasteiger partial charge is 0.338 e. The molecule has 0 unspecified atom stereocenters. The zero-order chi connectivity index (χ0) is 27.5. The van der Waals surface area contributed by atoms with Gasteiger partial charge in [-0.1, -0.05) is 24.3 Å². The lowest BCUT2D eigenvalue weighted by molar-refractivity contribution is -0.384. The first-order valence-electron chi connectivity index (χ1n) is 12.9. The molecule has 1 fully saturated rings. The normalized spacial score (nSPS) is 16.3. The quantitative estimate of drug-likeness (QED) is 0.138. The maximum Gasteiger partial charge on any atom is 0.338 e. The summed E-state index contributed by atoms with van der Waals surface area (Å²) in [7, 11) is 0. The first-order chi connectivity index (χ1) is 18.9. The average molecular weight is 526 g/mol. The number of benzene rings is 3. The number of nitrogens with zero attached hydrogens (tertiary/aromatic N) is 3. The van der Waals surface area contributed by atoms with Gasteiger partial charge in [-0.25, -0.2) is 9.69 Å². The first-order valence-corrected chi connectivity index (χ1v) is 12.9. The van der Waals surface area contributed by atoms with E-state index < -0.39 is 22.7 Å². The van der Waals surface area contributed by atoms with Gasteiger partial charge in [0.15, 0.2) is 0 Å². The van der Waals surface area contributed by atoms with Crippen molar-refractivity contribution in [3.8, 4) is 0 Å². The zero-order valence-electron chi connectivity index (χ0n) is 21.5. The predicted octanol–water partition coefficient (Wildman–Crippen LogP) is 5.49. The summed E-state index contributed by atoms with van der Waals surface area (Å²) in [6.07, 6.45) is 4.66. The molecule has 0 saturated carbocycles. The van der Waals surface area contributed by atoms with Crippen LogP contribution in [0.25, 0.3) is 11.6 Å². The Labute approximate surface area is 225 Å². The van der Waals surface area contributed by atoms with E-state index in [0.29, 0.717) is 33.6 Å². The molecule has 198 valence electrons. The van der Waals surface area contributed by atoms with Crippen LogP contribution in [0.4, 0.5) is 17.1 Å². The van der Waals surface area contributed by atoms with Crippen LogP contribution in [0.5, 0.6) is 0 Å². The summed E-state index contributed by atoms with van der Waals surface area (Å²) in [5.41, 5.74) is 2.64. The molecule has 3 aromatic carbocycles. The Hall–Kier alpha value is -4.79. The van der Waals surface area contributed by atoms with Crippen molar-refractivity contribution in [1.82, 2.24) is 0 Å². The number of nitro benzene ring substituents is 1. The van der Waals surface area contributed by atoms with Gasteiger partial charge < -0.3 is 9.64 Å². The number of carbonyl (C=O) groups excluding carboxylic acids is 3. The number of fused-ring (bicyclic) bond motifs is 1. The van der Waals surface area contributed by atoms with E-state index in [4.69, 9.17) is 4.74 Å². The van der Waals surface area contributed by atoms with Crippen molar-refractivity contribution >= 4 is 46.5 Å². The molecular formula is C30H27N3O6. The number of hydrogen-bond donors (Lipinski definition) is 0. The summed E-state index contributed by atoms with van der Waals surface area (Å²) < 4.78 is 5.01. The maximum absolute atomic E-state index is 13.8. The van der Waals surface area contributed by atoms with Crippen LogP contribution in [0, 0.1) is 10.1 Å². The SMILES string of the molecule is CCOC(=O)c1ccc(N2C(=O)/C(=C/c3ccc(N4CCCCC4)c([N+](=O)[O-])c3)c3ccccc3C2=O)cc1. The van der Waals surface area contributed by atoms with Gasteiger partial charge in [-0.3, -0.25) is 19.7 Å². The molecule has 9 heteroatoms. The summed E-state index contributed by atoms with van der Waals surface area (Å²) in [6, 6.07) is 17.8. The lowest BCUT2D eigenvalue weighted by Crippen LogP contribution is -2.41. The van der Waals surface area contributed by atoms with Gasteiger partial charge in [0.2, 0.25) is 0 Å². The molecule has 0 aromatic heterocycles. The van der Waals surface area contributed by atoms with E-state index in [9.17, 15) is 24.5 Å². The first kappa shape index (κ1) is 25.8. The van der Waals surface area contributed by atoms with Crippen molar-refractivity contribution in [3.05, 3.63) is 99.1 Å². The molecular weight excluding hydrogens is 498 g/mol. The van der Waals surface area contributed by atoms with Gasteiger partial charge in [-0.05, 0) is 79.8 Å². The fourth-order valence-electron chi connectivity index (χ4n) is 5.03. The Kier molecular flexibility index (Phi) is 7.23. The summed E-state index contributed by atoms with van der Waals surface area (Å²) in [6.45, 7) is 3.46. The van der Waals surface area contributed by atoms with Gasteiger partial charge in [0.25, 0.3) is 17.5 Å². The minimum absolute atomic E-state index is 0.0229. The van der Waals surface area contributed by atoms with E-state index in [0.717, 1.165) is 37.3 Å². The van der Waals surface area contributed by atoms with Crippen LogP contribution in [-0.4, -0.2) is 42.4 Å². The number of anilines is 2. The molecule has 0 atom stereocenters. The van der Waals surface area contributed by atoms with Gasteiger partial charge in [-0.15, -0.1) is 0 Å². The average Bonchev–Trinajstić information content (AvgIpc) is 2.96.